The Balaban J connectivity index is 2.35. The van der Waals surface area contributed by atoms with E-state index in [2.05, 4.69) is 5.32 Å². The van der Waals surface area contributed by atoms with Crippen LogP contribution in [0.3, 0.4) is 0 Å². The van der Waals surface area contributed by atoms with E-state index < -0.39 is 10.8 Å². The molecule has 0 aliphatic carbocycles. The lowest BCUT2D eigenvalue weighted by Crippen LogP contribution is -2.14. The number of nitrogens with one attached hydrogen (secondary N) is 1. The molecule has 0 saturated carbocycles. The Kier molecular flexibility index (Phi) is 4.00. The fourth-order valence-corrected chi connectivity index (χ4v) is 1.97. The number of aryl methyl sites for hydroxylation is 1. The number of anilines is 1. The van der Waals surface area contributed by atoms with Crippen molar-refractivity contribution in [2.45, 2.75) is 6.92 Å². The summed E-state index contributed by atoms with van der Waals surface area (Å²) in [5, 5.41) is 14.0. The molecule has 1 N–H and O–H groups in total. The molecule has 0 radical (unpaired) electrons. The number of nitro groups is 1. The van der Waals surface area contributed by atoms with E-state index in [1.807, 2.05) is 0 Å². The highest BCUT2D eigenvalue weighted by atomic mass is 35.5. The highest BCUT2D eigenvalue weighted by Crippen LogP contribution is 2.28. The standard InChI is InChI=1S/C14H11ClN2O3/c1-9-4-2-7-12(17(19)20)13(9)16-14(18)10-5-3-6-11(15)8-10/h2-8H,1H3,(H,16,18). The molecule has 2 aromatic rings. The van der Waals surface area contributed by atoms with E-state index in [4.69, 9.17) is 11.6 Å². The molecule has 0 fully saturated rings. The molecule has 0 saturated heterocycles. The molecule has 0 unspecified atom stereocenters. The van der Waals surface area contributed by atoms with E-state index in [1.165, 1.54) is 12.1 Å². The summed E-state index contributed by atoms with van der Waals surface area (Å²) >= 11 is 5.82. The molecule has 5 nitrogen and oxygen atoms in total. The largest absolute Gasteiger partial charge is 0.316 e. The van der Waals surface area contributed by atoms with Gasteiger partial charge in [0.15, 0.2) is 0 Å². The fourth-order valence-electron chi connectivity index (χ4n) is 1.78. The third kappa shape index (κ3) is 2.95. The van der Waals surface area contributed by atoms with Crippen molar-refractivity contribution < 1.29 is 9.72 Å². The van der Waals surface area contributed by atoms with Crippen LogP contribution >= 0.6 is 11.6 Å². The number of carbonyl (C=O) groups excluding carboxylic acids is 1. The molecular formula is C14H11ClN2O3. The molecule has 2 aromatic carbocycles. The quantitative estimate of drug-likeness (QED) is 0.690. The van der Waals surface area contributed by atoms with Crippen molar-refractivity contribution >= 4 is 28.9 Å². The molecular weight excluding hydrogens is 280 g/mol. The lowest BCUT2D eigenvalue weighted by molar-refractivity contribution is -0.383. The van der Waals surface area contributed by atoms with Crippen molar-refractivity contribution in [2.24, 2.45) is 0 Å². The summed E-state index contributed by atoms with van der Waals surface area (Å²) in [6.45, 7) is 1.70. The summed E-state index contributed by atoms with van der Waals surface area (Å²) in [5.41, 5.74) is 1.02. The Labute approximate surface area is 120 Å². The van der Waals surface area contributed by atoms with Crippen LogP contribution in [0, 0.1) is 17.0 Å². The van der Waals surface area contributed by atoms with Crippen molar-refractivity contribution in [3.63, 3.8) is 0 Å². The molecule has 6 heteroatoms. The number of halogens is 1. The minimum Gasteiger partial charge on any atom is -0.316 e. The van der Waals surface area contributed by atoms with E-state index in [0.717, 1.165) is 0 Å². The zero-order chi connectivity index (χ0) is 14.7. The van der Waals surface area contributed by atoms with Crippen LogP contribution < -0.4 is 5.32 Å². The van der Waals surface area contributed by atoms with Gasteiger partial charge in [0.05, 0.1) is 4.92 Å². The maximum atomic E-state index is 12.1. The van der Waals surface area contributed by atoms with Crippen LogP contribution in [0.1, 0.15) is 15.9 Å². The highest BCUT2D eigenvalue weighted by molar-refractivity contribution is 6.31. The number of hydrogen-bond acceptors (Lipinski definition) is 3. The highest BCUT2D eigenvalue weighted by Gasteiger charge is 2.18. The van der Waals surface area contributed by atoms with E-state index in [0.29, 0.717) is 16.1 Å². The second-order valence-corrected chi connectivity index (χ2v) is 4.63. The summed E-state index contributed by atoms with van der Waals surface area (Å²) in [7, 11) is 0. The number of carbonyl (C=O) groups is 1. The third-order valence-corrected chi connectivity index (χ3v) is 3.01. The van der Waals surface area contributed by atoms with Gasteiger partial charge in [0, 0.05) is 16.7 Å². The monoisotopic (exact) mass is 290 g/mol. The summed E-state index contributed by atoms with van der Waals surface area (Å²) in [4.78, 5) is 22.6. The summed E-state index contributed by atoms with van der Waals surface area (Å²) in [6.07, 6.45) is 0. The lowest BCUT2D eigenvalue weighted by Gasteiger charge is -2.09. The minimum atomic E-state index is -0.527. The number of nitrogens with zero attached hydrogens (tertiary/aromatic N) is 1. The summed E-state index contributed by atoms with van der Waals surface area (Å²) in [5.74, 6) is -0.440. The van der Waals surface area contributed by atoms with Crippen LogP contribution in [-0.4, -0.2) is 10.8 Å². The van der Waals surface area contributed by atoms with Gasteiger partial charge < -0.3 is 5.32 Å². The Bertz CT molecular complexity index is 686. The Hall–Kier alpha value is -2.40. The van der Waals surface area contributed by atoms with Gasteiger partial charge in [-0.3, -0.25) is 14.9 Å². The van der Waals surface area contributed by atoms with Gasteiger partial charge in [-0.15, -0.1) is 0 Å². The number of para-hydroxylation sites is 1. The van der Waals surface area contributed by atoms with Crippen molar-refractivity contribution in [2.75, 3.05) is 5.32 Å². The topological polar surface area (TPSA) is 72.2 Å². The normalized spacial score (nSPS) is 10.1. The van der Waals surface area contributed by atoms with Gasteiger partial charge in [-0.1, -0.05) is 29.8 Å². The van der Waals surface area contributed by atoms with Gasteiger partial charge in [0.2, 0.25) is 0 Å². The van der Waals surface area contributed by atoms with Crippen molar-refractivity contribution in [3.8, 4) is 0 Å². The van der Waals surface area contributed by atoms with Crippen LogP contribution in [-0.2, 0) is 0 Å². The molecule has 0 atom stereocenters. The molecule has 0 aromatic heterocycles. The van der Waals surface area contributed by atoms with Gasteiger partial charge in [0.25, 0.3) is 11.6 Å². The average molecular weight is 291 g/mol. The zero-order valence-corrected chi connectivity index (χ0v) is 11.3. The predicted octanol–water partition coefficient (Wildman–Crippen LogP) is 3.81. The first kappa shape index (κ1) is 14.0. The summed E-state index contributed by atoms with van der Waals surface area (Å²) < 4.78 is 0. The van der Waals surface area contributed by atoms with Gasteiger partial charge in [-0.2, -0.15) is 0 Å². The predicted molar refractivity (Wildman–Crippen MR) is 77.2 cm³/mol. The van der Waals surface area contributed by atoms with Gasteiger partial charge in [0.1, 0.15) is 5.69 Å². The molecule has 0 bridgehead atoms. The third-order valence-electron chi connectivity index (χ3n) is 2.77. The van der Waals surface area contributed by atoms with E-state index >= 15 is 0 Å². The van der Waals surface area contributed by atoms with Gasteiger partial charge >= 0.3 is 0 Å². The molecule has 0 aliphatic rings. The SMILES string of the molecule is Cc1cccc([N+](=O)[O-])c1NC(=O)c1cccc(Cl)c1. The first-order valence-corrected chi connectivity index (χ1v) is 6.18. The van der Waals surface area contributed by atoms with Crippen LogP contribution in [0.25, 0.3) is 0 Å². The first-order chi connectivity index (χ1) is 9.49. The second-order valence-electron chi connectivity index (χ2n) is 4.19. The molecule has 20 heavy (non-hydrogen) atoms. The van der Waals surface area contributed by atoms with Gasteiger partial charge in [-0.05, 0) is 30.7 Å². The van der Waals surface area contributed by atoms with E-state index in [-0.39, 0.29) is 11.4 Å². The minimum absolute atomic E-state index is 0.139. The van der Waals surface area contributed by atoms with Crippen LogP contribution in [0.2, 0.25) is 5.02 Å². The first-order valence-electron chi connectivity index (χ1n) is 5.80. The molecule has 0 aliphatic heterocycles. The van der Waals surface area contributed by atoms with Crippen LogP contribution in [0.4, 0.5) is 11.4 Å². The molecule has 2 rings (SSSR count). The van der Waals surface area contributed by atoms with Crippen LogP contribution in [0.15, 0.2) is 42.5 Å². The fraction of sp³-hybridized carbons (Fsp3) is 0.0714. The van der Waals surface area contributed by atoms with Gasteiger partial charge in [-0.25, -0.2) is 0 Å². The molecule has 0 spiro atoms. The van der Waals surface area contributed by atoms with E-state index in [9.17, 15) is 14.9 Å². The van der Waals surface area contributed by atoms with Crippen LogP contribution in [0.5, 0.6) is 0 Å². The summed E-state index contributed by atoms with van der Waals surface area (Å²) in [6, 6.07) is 11.0. The van der Waals surface area contributed by atoms with Crippen molar-refractivity contribution in [1.82, 2.24) is 0 Å². The average Bonchev–Trinajstić information content (AvgIpc) is 2.40. The van der Waals surface area contributed by atoms with E-state index in [1.54, 1.807) is 37.3 Å². The number of benzene rings is 2. The number of rotatable bonds is 3. The smallest absolute Gasteiger partial charge is 0.293 e. The molecule has 102 valence electrons. The Morgan fingerprint density at radius 1 is 1.25 bits per heavy atom. The maximum absolute atomic E-state index is 12.1. The number of hydrogen-bond donors (Lipinski definition) is 1. The number of amides is 1. The zero-order valence-electron chi connectivity index (χ0n) is 10.6. The number of nitro benzene ring substituents is 1. The Morgan fingerprint density at radius 2 is 1.95 bits per heavy atom. The van der Waals surface area contributed by atoms with Crippen molar-refractivity contribution in [1.29, 1.82) is 0 Å². The molecule has 1 amide bonds. The lowest BCUT2D eigenvalue weighted by atomic mass is 10.1. The second kappa shape index (κ2) is 5.71. The maximum Gasteiger partial charge on any atom is 0.293 e. The molecule has 0 heterocycles. The Morgan fingerprint density at radius 3 is 2.60 bits per heavy atom. The van der Waals surface area contributed by atoms with Crippen molar-refractivity contribution in [3.05, 3.63) is 68.7 Å².